The minimum Gasteiger partial charge on any atom is -0.481 e. The highest BCUT2D eigenvalue weighted by Gasteiger charge is 2.35. The van der Waals surface area contributed by atoms with Crippen molar-refractivity contribution >= 4 is 12.0 Å². The van der Waals surface area contributed by atoms with Crippen molar-refractivity contribution in [2.24, 2.45) is 11.8 Å². The second-order valence-electron chi connectivity index (χ2n) is 5.37. The van der Waals surface area contributed by atoms with E-state index in [1.165, 1.54) is 6.42 Å². The molecule has 0 heterocycles. The van der Waals surface area contributed by atoms with Crippen LogP contribution in [0.15, 0.2) is 0 Å². The quantitative estimate of drug-likeness (QED) is 0.789. The Morgan fingerprint density at radius 2 is 2.00 bits per heavy atom. The van der Waals surface area contributed by atoms with Gasteiger partial charge >= 0.3 is 12.0 Å². The summed E-state index contributed by atoms with van der Waals surface area (Å²) in [5.74, 6) is 0.464. The van der Waals surface area contributed by atoms with Crippen LogP contribution in [0, 0.1) is 11.8 Å². The largest absolute Gasteiger partial charge is 0.481 e. The van der Waals surface area contributed by atoms with E-state index in [-0.39, 0.29) is 18.5 Å². The summed E-state index contributed by atoms with van der Waals surface area (Å²) in [4.78, 5) is 26.3. The fourth-order valence-corrected chi connectivity index (χ4v) is 2.30. The summed E-state index contributed by atoms with van der Waals surface area (Å²) in [5.41, 5.74) is 0. The van der Waals surface area contributed by atoms with E-state index in [9.17, 15) is 9.59 Å². The van der Waals surface area contributed by atoms with Crippen molar-refractivity contribution in [1.29, 1.82) is 0 Å². The Hall–Kier alpha value is -1.26. The van der Waals surface area contributed by atoms with Crippen LogP contribution in [0.5, 0.6) is 0 Å². The fourth-order valence-electron chi connectivity index (χ4n) is 2.30. The Kier molecular flexibility index (Phi) is 4.99. The van der Waals surface area contributed by atoms with Crippen molar-refractivity contribution in [2.75, 3.05) is 20.1 Å². The van der Waals surface area contributed by atoms with Gasteiger partial charge in [-0.2, -0.15) is 0 Å². The molecule has 1 N–H and O–H groups in total. The van der Waals surface area contributed by atoms with E-state index in [0.717, 1.165) is 6.54 Å². The molecule has 18 heavy (non-hydrogen) atoms. The summed E-state index contributed by atoms with van der Waals surface area (Å²) in [7, 11) is 1.80. The SMILES string of the molecule is CCN(C(=O)N(C)CC1CC1C)C(C)CC(=O)O. The molecule has 0 aliphatic heterocycles. The number of aliphatic carboxylic acids is 1. The zero-order valence-electron chi connectivity index (χ0n) is 11.7. The molecule has 1 saturated carbocycles. The standard InChI is InChI=1S/C13H24N2O3/c1-5-15(10(3)7-12(16)17)13(18)14(4)8-11-6-9(11)2/h9-11H,5-8H2,1-4H3,(H,16,17). The number of amides is 2. The minimum absolute atomic E-state index is 0.00670. The maximum atomic E-state index is 12.2. The van der Waals surface area contributed by atoms with Gasteiger partial charge < -0.3 is 14.9 Å². The number of carbonyl (C=O) groups is 2. The molecule has 1 aliphatic rings. The topological polar surface area (TPSA) is 60.9 Å². The summed E-state index contributed by atoms with van der Waals surface area (Å²) < 4.78 is 0. The van der Waals surface area contributed by atoms with Gasteiger partial charge in [0.2, 0.25) is 0 Å². The summed E-state index contributed by atoms with van der Waals surface area (Å²) in [6.45, 7) is 7.16. The molecule has 0 saturated heterocycles. The number of hydrogen-bond donors (Lipinski definition) is 1. The minimum atomic E-state index is -0.868. The van der Waals surface area contributed by atoms with Gasteiger partial charge in [0, 0.05) is 26.2 Å². The molecular formula is C13H24N2O3. The van der Waals surface area contributed by atoms with Crippen molar-refractivity contribution in [3.63, 3.8) is 0 Å². The maximum absolute atomic E-state index is 12.2. The number of carboxylic acids is 1. The van der Waals surface area contributed by atoms with E-state index in [4.69, 9.17) is 5.11 Å². The number of nitrogens with zero attached hydrogens (tertiary/aromatic N) is 2. The van der Waals surface area contributed by atoms with Crippen LogP contribution in [0.3, 0.4) is 0 Å². The number of carbonyl (C=O) groups excluding carboxylic acids is 1. The van der Waals surface area contributed by atoms with Crippen molar-refractivity contribution in [3.8, 4) is 0 Å². The van der Waals surface area contributed by atoms with Gasteiger partial charge in [-0.1, -0.05) is 6.92 Å². The third kappa shape index (κ3) is 3.89. The highest BCUT2D eigenvalue weighted by atomic mass is 16.4. The number of rotatable bonds is 6. The molecule has 0 bridgehead atoms. The molecule has 5 nitrogen and oxygen atoms in total. The zero-order chi connectivity index (χ0) is 13.9. The van der Waals surface area contributed by atoms with Gasteiger partial charge in [0.05, 0.1) is 6.42 Å². The number of hydrogen-bond acceptors (Lipinski definition) is 2. The van der Waals surface area contributed by atoms with Gasteiger partial charge in [0.1, 0.15) is 0 Å². The molecule has 1 rings (SSSR count). The van der Waals surface area contributed by atoms with Crippen LogP contribution in [0.2, 0.25) is 0 Å². The Morgan fingerprint density at radius 3 is 2.39 bits per heavy atom. The molecule has 104 valence electrons. The molecule has 0 aromatic heterocycles. The number of urea groups is 1. The second-order valence-corrected chi connectivity index (χ2v) is 5.37. The molecule has 0 aromatic rings. The van der Waals surface area contributed by atoms with Gasteiger partial charge in [-0.15, -0.1) is 0 Å². The Labute approximate surface area is 109 Å². The van der Waals surface area contributed by atoms with Crippen LogP contribution in [0.1, 0.15) is 33.6 Å². The summed E-state index contributed by atoms with van der Waals surface area (Å²) in [6, 6.07) is -0.329. The lowest BCUT2D eigenvalue weighted by molar-refractivity contribution is -0.138. The van der Waals surface area contributed by atoms with Gasteiger partial charge in [-0.05, 0) is 32.1 Å². The van der Waals surface area contributed by atoms with Gasteiger partial charge in [0.15, 0.2) is 0 Å². The van der Waals surface area contributed by atoms with Crippen molar-refractivity contribution < 1.29 is 14.7 Å². The first-order chi connectivity index (χ1) is 8.36. The van der Waals surface area contributed by atoms with Crippen molar-refractivity contribution in [2.45, 2.75) is 39.7 Å². The van der Waals surface area contributed by atoms with Gasteiger partial charge in [-0.25, -0.2) is 4.79 Å². The molecule has 3 unspecified atom stereocenters. The average molecular weight is 256 g/mol. The van der Waals surface area contributed by atoms with Gasteiger partial charge in [0.25, 0.3) is 0 Å². The lowest BCUT2D eigenvalue weighted by atomic mass is 10.2. The lowest BCUT2D eigenvalue weighted by Gasteiger charge is -2.31. The van der Waals surface area contributed by atoms with Crippen LogP contribution in [0.25, 0.3) is 0 Å². The molecule has 0 radical (unpaired) electrons. The van der Waals surface area contributed by atoms with Crippen LogP contribution in [-0.2, 0) is 4.79 Å². The predicted molar refractivity (Wildman–Crippen MR) is 69.4 cm³/mol. The van der Waals surface area contributed by atoms with Crippen LogP contribution >= 0.6 is 0 Å². The molecule has 5 heteroatoms. The lowest BCUT2D eigenvalue weighted by Crippen LogP contribution is -2.47. The first-order valence-corrected chi connectivity index (χ1v) is 6.60. The van der Waals surface area contributed by atoms with Crippen LogP contribution in [-0.4, -0.2) is 53.1 Å². The zero-order valence-corrected chi connectivity index (χ0v) is 11.7. The molecule has 2 amide bonds. The van der Waals surface area contributed by atoms with Crippen molar-refractivity contribution in [3.05, 3.63) is 0 Å². The van der Waals surface area contributed by atoms with Crippen LogP contribution < -0.4 is 0 Å². The van der Waals surface area contributed by atoms with Crippen molar-refractivity contribution in [1.82, 2.24) is 9.80 Å². The third-order valence-corrected chi connectivity index (χ3v) is 3.70. The molecular weight excluding hydrogens is 232 g/mol. The third-order valence-electron chi connectivity index (χ3n) is 3.70. The number of carboxylic acid groups (broad SMARTS) is 1. The average Bonchev–Trinajstić information content (AvgIpc) is 2.93. The Morgan fingerprint density at radius 1 is 1.44 bits per heavy atom. The Balaban J connectivity index is 2.51. The first-order valence-electron chi connectivity index (χ1n) is 6.60. The smallest absolute Gasteiger partial charge is 0.319 e. The predicted octanol–water partition coefficient (Wildman–Crippen LogP) is 1.88. The monoisotopic (exact) mass is 256 g/mol. The summed E-state index contributed by atoms with van der Waals surface area (Å²) in [6.07, 6.45) is 1.18. The highest BCUT2D eigenvalue weighted by molar-refractivity contribution is 5.76. The molecule has 3 atom stereocenters. The fraction of sp³-hybridized carbons (Fsp3) is 0.846. The highest BCUT2D eigenvalue weighted by Crippen LogP contribution is 2.38. The normalized spacial score (nSPS) is 23.3. The molecule has 0 aromatic carbocycles. The molecule has 1 aliphatic carbocycles. The van der Waals surface area contributed by atoms with E-state index in [1.54, 1.807) is 23.8 Å². The van der Waals surface area contributed by atoms with E-state index < -0.39 is 5.97 Å². The molecule has 1 fully saturated rings. The first kappa shape index (κ1) is 14.8. The van der Waals surface area contributed by atoms with E-state index in [1.807, 2.05) is 6.92 Å². The van der Waals surface area contributed by atoms with Crippen LogP contribution in [0.4, 0.5) is 4.79 Å². The second kappa shape index (κ2) is 6.07. The van der Waals surface area contributed by atoms with E-state index in [0.29, 0.717) is 18.4 Å². The van der Waals surface area contributed by atoms with E-state index >= 15 is 0 Å². The van der Waals surface area contributed by atoms with E-state index in [2.05, 4.69) is 6.92 Å². The Bertz CT molecular complexity index is 319. The summed E-state index contributed by atoms with van der Waals surface area (Å²) in [5, 5.41) is 8.79. The van der Waals surface area contributed by atoms with Gasteiger partial charge in [-0.3, -0.25) is 4.79 Å². The maximum Gasteiger partial charge on any atom is 0.319 e. The molecule has 0 spiro atoms. The summed E-state index contributed by atoms with van der Waals surface area (Å²) >= 11 is 0.